The minimum Gasteiger partial charge on any atom is -0.478 e. The van der Waals surface area contributed by atoms with Crippen LogP contribution in [0.25, 0.3) is 0 Å². The smallest absolute Gasteiger partial charge is 0.338 e. The molecule has 0 radical (unpaired) electrons. The highest BCUT2D eigenvalue weighted by Crippen LogP contribution is 2.23. The summed E-state index contributed by atoms with van der Waals surface area (Å²) in [5.74, 6) is -3.48. The van der Waals surface area contributed by atoms with E-state index in [1.807, 2.05) is 0 Å². The fourth-order valence-electron chi connectivity index (χ4n) is 1.90. The summed E-state index contributed by atoms with van der Waals surface area (Å²) in [5.41, 5.74) is -0.863. The van der Waals surface area contributed by atoms with Crippen LogP contribution in [-0.4, -0.2) is 28.1 Å². The van der Waals surface area contributed by atoms with Gasteiger partial charge in [-0.15, -0.1) is 0 Å². The molecule has 7 heteroatoms. The van der Waals surface area contributed by atoms with E-state index >= 15 is 0 Å². The first-order valence-electron chi connectivity index (χ1n) is 6.07. The molecule has 0 bridgehead atoms. The number of nitrogens with one attached hydrogen (secondary N) is 1. The molecule has 3 N–H and O–H groups in total. The van der Waals surface area contributed by atoms with Gasteiger partial charge in [-0.25, -0.2) is 9.59 Å². The van der Waals surface area contributed by atoms with Crippen molar-refractivity contribution in [1.29, 1.82) is 0 Å². The van der Waals surface area contributed by atoms with E-state index in [-0.39, 0.29) is 16.3 Å². The minimum atomic E-state index is -1.45. The normalized spacial score (nSPS) is 10.0. The molecule has 0 aliphatic rings. The summed E-state index contributed by atoms with van der Waals surface area (Å²) in [5, 5.41) is 20.8. The second-order valence-corrected chi connectivity index (χ2v) is 4.68. The quantitative estimate of drug-likeness (QED) is 0.803. The third kappa shape index (κ3) is 3.07. The van der Waals surface area contributed by atoms with Crippen LogP contribution < -0.4 is 5.32 Å². The Morgan fingerprint density at radius 3 is 2.09 bits per heavy atom. The fraction of sp³-hybridized carbons (Fsp3) is 0. The molecule has 22 heavy (non-hydrogen) atoms. The molecular formula is C15H10ClNO5. The maximum Gasteiger partial charge on any atom is 0.338 e. The van der Waals surface area contributed by atoms with Crippen molar-refractivity contribution in [3.8, 4) is 0 Å². The molecule has 0 fully saturated rings. The number of hydrogen-bond acceptors (Lipinski definition) is 3. The topological polar surface area (TPSA) is 104 Å². The summed E-state index contributed by atoms with van der Waals surface area (Å²) in [7, 11) is 0. The number of rotatable bonds is 4. The molecule has 2 aromatic carbocycles. The Labute approximate surface area is 130 Å². The average molecular weight is 320 g/mol. The van der Waals surface area contributed by atoms with Gasteiger partial charge in [0, 0.05) is 0 Å². The van der Waals surface area contributed by atoms with Crippen LogP contribution in [0.2, 0.25) is 5.02 Å². The molecule has 0 aromatic heterocycles. The molecule has 112 valence electrons. The molecule has 0 atom stereocenters. The zero-order valence-electron chi connectivity index (χ0n) is 11.0. The third-order valence-corrected chi connectivity index (χ3v) is 3.21. The van der Waals surface area contributed by atoms with Crippen molar-refractivity contribution in [3.05, 3.63) is 64.2 Å². The van der Waals surface area contributed by atoms with Gasteiger partial charge in [0.15, 0.2) is 0 Å². The van der Waals surface area contributed by atoms with Gasteiger partial charge in [-0.3, -0.25) is 4.79 Å². The summed E-state index contributed by atoms with van der Waals surface area (Å²) < 4.78 is 0. The second-order valence-electron chi connectivity index (χ2n) is 4.27. The van der Waals surface area contributed by atoms with Crippen LogP contribution in [0, 0.1) is 0 Å². The molecule has 0 saturated carbocycles. The SMILES string of the molecule is O=C(Nc1cccc(C(=O)O)c1C(=O)O)c1ccccc1Cl. The molecule has 0 aliphatic carbocycles. The molecule has 0 saturated heterocycles. The van der Waals surface area contributed by atoms with Crippen molar-refractivity contribution in [2.75, 3.05) is 5.32 Å². The summed E-state index contributed by atoms with van der Waals surface area (Å²) in [6.45, 7) is 0. The lowest BCUT2D eigenvalue weighted by Gasteiger charge is -2.11. The number of halogens is 1. The number of carbonyl (C=O) groups is 3. The number of anilines is 1. The number of aromatic carboxylic acids is 2. The Bertz CT molecular complexity index is 772. The Balaban J connectivity index is 2.44. The van der Waals surface area contributed by atoms with E-state index in [0.29, 0.717) is 0 Å². The molecule has 0 heterocycles. The predicted molar refractivity (Wildman–Crippen MR) is 79.8 cm³/mol. The van der Waals surface area contributed by atoms with E-state index < -0.39 is 29.0 Å². The Hall–Kier alpha value is -2.86. The van der Waals surface area contributed by atoms with Crippen LogP contribution in [-0.2, 0) is 0 Å². The van der Waals surface area contributed by atoms with Gasteiger partial charge in [-0.05, 0) is 24.3 Å². The van der Waals surface area contributed by atoms with Gasteiger partial charge >= 0.3 is 11.9 Å². The highest BCUT2D eigenvalue weighted by Gasteiger charge is 2.21. The van der Waals surface area contributed by atoms with Gasteiger partial charge in [0.2, 0.25) is 0 Å². The van der Waals surface area contributed by atoms with Crippen molar-refractivity contribution >= 4 is 35.1 Å². The van der Waals surface area contributed by atoms with Crippen molar-refractivity contribution in [2.45, 2.75) is 0 Å². The summed E-state index contributed by atoms with van der Waals surface area (Å²) in [4.78, 5) is 34.5. The number of benzene rings is 2. The first-order valence-corrected chi connectivity index (χ1v) is 6.45. The van der Waals surface area contributed by atoms with E-state index in [1.165, 1.54) is 24.3 Å². The van der Waals surface area contributed by atoms with Crippen molar-refractivity contribution < 1.29 is 24.6 Å². The molecule has 0 spiro atoms. The summed E-state index contributed by atoms with van der Waals surface area (Å²) in [6.07, 6.45) is 0. The summed E-state index contributed by atoms with van der Waals surface area (Å²) in [6, 6.07) is 10.0. The fourth-order valence-corrected chi connectivity index (χ4v) is 2.12. The van der Waals surface area contributed by atoms with Crippen LogP contribution in [0.5, 0.6) is 0 Å². The maximum absolute atomic E-state index is 12.2. The molecule has 2 rings (SSSR count). The molecular weight excluding hydrogens is 310 g/mol. The molecule has 0 aliphatic heterocycles. The predicted octanol–water partition coefficient (Wildman–Crippen LogP) is 2.99. The number of carboxylic acids is 2. The first-order chi connectivity index (χ1) is 10.4. The Kier molecular flexibility index (Phi) is 4.43. The van der Waals surface area contributed by atoms with Gasteiger partial charge in [0.1, 0.15) is 0 Å². The molecule has 0 unspecified atom stereocenters. The lowest BCUT2D eigenvalue weighted by Crippen LogP contribution is -2.17. The highest BCUT2D eigenvalue weighted by atomic mass is 35.5. The molecule has 6 nitrogen and oxygen atoms in total. The number of carboxylic acid groups (broad SMARTS) is 2. The zero-order valence-corrected chi connectivity index (χ0v) is 11.8. The largest absolute Gasteiger partial charge is 0.478 e. The highest BCUT2D eigenvalue weighted by molar-refractivity contribution is 6.34. The van der Waals surface area contributed by atoms with Crippen molar-refractivity contribution in [1.82, 2.24) is 0 Å². The van der Waals surface area contributed by atoms with Gasteiger partial charge in [0.25, 0.3) is 5.91 Å². The van der Waals surface area contributed by atoms with Crippen molar-refractivity contribution in [2.24, 2.45) is 0 Å². The lowest BCUT2D eigenvalue weighted by molar-refractivity contribution is 0.0652. The van der Waals surface area contributed by atoms with Crippen LogP contribution >= 0.6 is 11.6 Å². The number of amides is 1. The van der Waals surface area contributed by atoms with Gasteiger partial charge in [-0.1, -0.05) is 29.8 Å². The lowest BCUT2D eigenvalue weighted by atomic mass is 10.0. The van der Waals surface area contributed by atoms with Crippen LogP contribution in [0.3, 0.4) is 0 Å². The Morgan fingerprint density at radius 1 is 0.864 bits per heavy atom. The zero-order chi connectivity index (χ0) is 16.3. The first kappa shape index (κ1) is 15.5. The monoisotopic (exact) mass is 319 g/mol. The van der Waals surface area contributed by atoms with E-state index in [0.717, 1.165) is 6.07 Å². The van der Waals surface area contributed by atoms with E-state index in [2.05, 4.69) is 5.32 Å². The third-order valence-electron chi connectivity index (χ3n) is 2.88. The van der Waals surface area contributed by atoms with Gasteiger partial charge in [-0.2, -0.15) is 0 Å². The van der Waals surface area contributed by atoms with Crippen LogP contribution in [0.15, 0.2) is 42.5 Å². The second kappa shape index (κ2) is 6.28. The summed E-state index contributed by atoms with van der Waals surface area (Å²) >= 11 is 5.90. The average Bonchev–Trinajstić information content (AvgIpc) is 2.46. The number of carbonyl (C=O) groups excluding carboxylic acids is 1. The van der Waals surface area contributed by atoms with Gasteiger partial charge < -0.3 is 15.5 Å². The minimum absolute atomic E-state index is 0.114. The maximum atomic E-state index is 12.2. The standard InChI is InChI=1S/C15H10ClNO5/c16-10-6-2-1-4-8(10)13(18)17-11-7-3-5-9(14(19)20)12(11)15(21)22/h1-7H,(H,17,18)(H,19,20)(H,21,22). The number of hydrogen-bond donors (Lipinski definition) is 3. The molecule has 2 aromatic rings. The van der Waals surface area contributed by atoms with Gasteiger partial charge in [0.05, 0.1) is 27.4 Å². The van der Waals surface area contributed by atoms with E-state index in [4.69, 9.17) is 16.7 Å². The van der Waals surface area contributed by atoms with Crippen LogP contribution in [0.4, 0.5) is 5.69 Å². The molecule has 1 amide bonds. The van der Waals surface area contributed by atoms with E-state index in [9.17, 15) is 19.5 Å². The Morgan fingerprint density at radius 2 is 1.50 bits per heavy atom. The van der Waals surface area contributed by atoms with Crippen LogP contribution in [0.1, 0.15) is 31.1 Å². The van der Waals surface area contributed by atoms with E-state index in [1.54, 1.807) is 12.1 Å². The van der Waals surface area contributed by atoms with Crippen molar-refractivity contribution in [3.63, 3.8) is 0 Å².